The lowest BCUT2D eigenvalue weighted by Gasteiger charge is -2.34. The first-order valence-electron chi connectivity index (χ1n) is 8.91. The van der Waals surface area contributed by atoms with Gasteiger partial charge >= 0.3 is 0 Å². The summed E-state index contributed by atoms with van der Waals surface area (Å²) >= 11 is 0. The first-order chi connectivity index (χ1) is 13.2. The Hall–Kier alpha value is -3.34. The molecular weight excluding hydrogens is 340 g/mol. The van der Waals surface area contributed by atoms with Gasteiger partial charge in [0, 0.05) is 7.05 Å². The number of nitrogens with zero attached hydrogens (tertiary/aromatic N) is 1. The minimum absolute atomic E-state index is 0.0602. The standard InChI is InChI=1S/C22H20N2O3/c1-23-22(26)20-14-24(18-8-4-5-9-19(18)27-20)21(25)13-15-10-11-16-6-2-3-7-17(16)12-15/h2-12,20H,13-14H2,1H3,(H,23,26)/t20-/m0/s1. The lowest BCUT2D eigenvalue weighted by Crippen LogP contribution is -2.50. The molecule has 1 N–H and O–H groups in total. The minimum atomic E-state index is -0.717. The normalized spacial score (nSPS) is 15.7. The van der Waals surface area contributed by atoms with E-state index < -0.39 is 6.10 Å². The van der Waals surface area contributed by atoms with E-state index in [2.05, 4.69) is 5.32 Å². The van der Waals surface area contributed by atoms with Gasteiger partial charge in [-0.2, -0.15) is 0 Å². The second-order valence-electron chi connectivity index (χ2n) is 6.55. The van der Waals surface area contributed by atoms with Gasteiger partial charge in [-0.3, -0.25) is 9.59 Å². The summed E-state index contributed by atoms with van der Waals surface area (Å²) in [5, 5.41) is 4.84. The largest absolute Gasteiger partial charge is 0.477 e. The van der Waals surface area contributed by atoms with Gasteiger partial charge in [-0.05, 0) is 28.5 Å². The van der Waals surface area contributed by atoms with Gasteiger partial charge in [0.25, 0.3) is 5.91 Å². The van der Waals surface area contributed by atoms with Crippen LogP contribution in [-0.2, 0) is 16.0 Å². The zero-order valence-electron chi connectivity index (χ0n) is 15.0. The predicted octanol–water partition coefficient (Wildman–Crippen LogP) is 2.92. The summed E-state index contributed by atoms with van der Waals surface area (Å²) < 4.78 is 5.77. The lowest BCUT2D eigenvalue weighted by atomic mass is 10.0. The number of carbonyl (C=O) groups is 2. The van der Waals surface area contributed by atoms with Crippen LogP contribution >= 0.6 is 0 Å². The van der Waals surface area contributed by atoms with Gasteiger partial charge in [0.2, 0.25) is 5.91 Å². The number of nitrogens with one attached hydrogen (secondary N) is 1. The van der Waals surface area contributed by atoms with Gasteiger partial charge in [-0.25, -0.2) is 0 Å². The van der Waals surface area contributed by atoms with Crippen LogP contribution in [0.3, 0.4) is 0 Å². The highest BCUT2D eigenvalue weighted by Crippen LogP contribution is 2.33. The second-order valence-corrected chi connectivity index (χ2v) is 6.55. The number of rotatable bonds is 3. The van der Waals surface area contributed by atoms with E-state index in [1.807, 2.05) is 60.7 Å². The van der Waals surface area contributed by atoms with E-state index in [-0.39, 0.29) is 24.8 Å². The smallest absolute Gasteiger partial charge is 0.262 e. The van der Waals surface area contributed by atoms with Crippen molar-refractivity contribution >= 4 is 28.3 Å². The summed E-state index contributed by atoms with van der Waals surface area (Å²) in [5.41, 5.74) is 1.64. The van der Waals surface area contributed by atoms with Crippen molar-refractivity contribution in [2.24, 2.45) is 0 Å². The number of hydrogen-bond donors (Lipinski definition) is 1. The van der Waals surface area contributed by atoms with Gasteiger partial charge < -0.3 is 15.0 Å². The Kier molecular flexibility index (Phi) is 4.50. The van der Waals surface area contributed by atoms with E-state index >= 15 is 0 Å². The van der Waals surface area contributed by atoms with Crippen molar-refractivity contribution in [2.45, 2.75) is 12.5 Å². The Balaban J connectivity index is 1.62. The molecule has 0 fully saturated rings. The molecule has 5 nitrogen and oxygen atoms in total. The number of carbonyl (C=O) groups excluding carboxylic acids is 2. The fourth-order valence-corrected chi connectivity index (χ4v) is 3.39. The van der Waals surface area contributed by atoms with Gasteiger partial charge in [-0.1, -0.05) is 54.6 Å². The maximum Gasteiger partial charge on any atom is 0.262 e. The molecule has 1 aliphatic rings. The molecule has 0 unspecified atom stereocenters. The summed E-state index contributed by atoms with van der Waals surface area (Å²) in [4.78, 5) is 26.8. The summed E-state index contributed by atoms with van der Waals surface area (Å²) in [6.07, 6.45) is -0.454. The highest BCUT2D eigenvalue weighted by molar-refractivity contribution is 5.98. The van der Waals surface area contributed by atoms with Crippen LogP contribution in [0.1, 0.15) is 5.56 Å². The summed E-state index contributed by atoms with van der Waals surface area (Å²) in [6, 6.07) is 21.4. The SMILES string of the molecule is CNC(=O)[C@@H]1CN(C(=O)Cc2ccc3ccccc3c2)c2ccccc2O1. The molecule has 0 radical (unpaired) electrons. The van der Waals surface area contributed by atoms with Crippen LogP contribution in [0, 0.1) is 0 Å². The van der Waals surface area contributed by atoms with Gasteiger partial charge in [-0.15, -0.1) is 0 Å². The number of ether oxygens (including phenoxy) is 1. The highest BCUT2D eigenvalue weighted by atomic mass is 16.5. The van der Waals surface area contributed by atoms with Crippen LogP contribution in [0.2, 0.25) is 0 Å². The fourth-order valence-electron chi connectivity index (χ4n) is 3.39. The molecule has 3 aromatic carbocycles. The second kappa shape index (κ2) is 7.11. The number of para-hydroxylation sites is 2. The zero-order chi connectivity index (χ0) is 18.8. The summed E-state index contributed by atoms with van der Waals surface area (Å²) in [5.74, 6) is 0.243. The van der Waals surface area contributed by atoms with Crippen molar-refractivity contribution in [1.29, 1.82) is 0 Å². The molecule has 136 valence electrons. The maximum absolute atomic E-state index is 13.1. The molecule has 0 aliphatic carbocycles. The van der Waals surface area contributed by atoms with Gasteiger partial charge in [0.05, 0.1) is 18.7 Å². The van der Waals surface area contributed by atoms with Crippen molar-refractivity contribution < 1.29 is 14.3 Å². The Morgan fingerprint density at radius 1 is 1.04 bits per heavy atom. The molecule has 4 rings (SSSR count). The summed E-state index contributed by atoms with van der Waals surface area (Å²) in [7, 11) is 1.56. The van der Waals surface area contributed by atoms with E-state index in [0.717, 1.165) is 16.3 Å². The van der Waals surface area contributed by atoms with E-state index in [4.69, 9.17) is 4.74 Å². The van der Waals surface area contributed by atoms with Crippen LogP contribution in [0.25, 0.3) is 10.8 Å². The fraction of sp³-hybridized carbons (Fsp3) is 0.182. The first-order valence-corrected chi connectivity index (χ1v) is 8.91. The van der Waals surface area contributed by atoms with Crippen molar-refractivity contribution in [3.05, 3.63) is 72.3 Å². The molecule has 0 aromatic heterocycles. The van der Waals surface area contributed by atoms with Gasteiger partial charge in [0.15, 0.2) is 6.10 Å². The highest BCUT2D eigenvalue weighted by Gasteiger charge is 2.33. The van der Waals surface area contributed by atoms with Crippen LogP contribution in [-0.4, -0.2) is 31.5 Å². The lowest BCUT2D eigenvalue weighted by molar-refractivity contribution is -0.127. The Morgan fingerprint density at radius 2 is 1.78 bits per heavy atom. The Labute approximate surface area is 157 Å². The topological polar surface area (TPSA) is 58.6 Å². The molecule has 0 saturated heterocycles. The van der Waals surface area contributed by atoms with Crippen molar-refractivity contribution in [3.63, 3.8) is 0 Å². The Bertz CT molecular complexity index is 1020. The van der Waals surface area contributed by atoms with Crippen molar-refractivity contribution in [2.75, 3.05) is 18.5 Å². The molecular formula is C22H20N2O3. The average molecular weight is 360 g/mol. The van der Waals surface area contributed by atoms with Crippen LogP contribution in [0.5, 0.6) is 5.75 Å². The quantitative estimate of drug-likeness (QED) is 0.781. The Morgan fingerprint density at radius 3 is 2.59 bits per heavy atom. The number of hydrogen-bond acceptors (Lipinski definition) is 3. The third-order valence-electron chi connectivity index (χ3n) is 4.78. The predicted molar refractivity (Wildman–Crippen MR) is 105 cm³/mol. The monoisotopic (exact) mass is 360 g/mol. The molecule has 5 heteroatoms. The van der Waals surface area contributed by atoms with E-state index in [0.29, 0.717) is 11.4 Å². The molecule has 0 spiro atoms. The van der Waals surface area contributed by atoms with Crippen molar-refractivity contribution in [3.8, 4) is 5.75 Å². The molecule has 3 aromatic rings. The van der Waals surface area contributed by atoms with E-state index in [9.17, 15) is 9.59 Å². The van der Waals surface area contributed by atoms with Crippen LogP contribution in [0.15, 0.2) is 66.7 Å². The molecule has 0 bridgehead atoms. The van der Waals surface area contributed by atoms with E-state index in [1.54, 1.807) is 18.0 Å². The molecule has 1 aliphatic heterocycles. The molecule has 1 atom stereocenters. The first kappa shape index (κ1) is 17.1. The average Bonchev–Trinajstić information content (AvgIpc) is 2.72. The number of fused-ring (bicyclic) bond motifs is 2. The van der Waals surface area contributed by atoms with Crippen LogP contribution < -0.4 is 15.0 Å². The van der Waals surface area contributed by atoms with Crippen molar-refractivity contribution in [1.82, 2.24) is 5.32 Å². The third kappa shape index (κ3) is 3.36. The van der Waals surface area contributed by atoms with Gasteiger partial charge in [0.1, 0.15) is 5.75 Å². The molecule has 2 amide bonds. The number of amides is 2. The number of benzene rings is 3. The summed E-state index contributed by atoms with van der Waals surface area (Å²) in [6.45, 7) is 0.198. The van der Waals surface area contributed by atoms with Crippen LogP contribution in [0.4, 0.5) is 5.69 Å². The minimum Gasteiger partial charge on any atom is -0.477 e. The molecule has 1 heterocycles. The van der Waals surface area contributed by atoms with E-state index in [1.165, 1.54) is 0 Å². The third-order valence-corrected chi connectivity index (χ3v) is 4.78. The number of anilines is 1. The zero-order valence-corrected chi connectivity index (χ0v) is 15.0. The number of likely N-dealkylation sites (N-methyl/N-ethyl adjacent to an activating group) is 1. The molecule has 27 heavy (non-hydrogen) atoms. The maximum atomic E-state index is 13.1. The molecule has 0 saturated carbocycles.